The van der Waals surface area contributed by atoms with E-state index in [0.717, 1.165) is 10.9 Å². The molecule has 0 saturated carbocycles. The van der Waals surface area contributed by atoms with Crippen LogP contribution in [0.15, 0.2) is 68.2 Å². The molecule has 4 aromatic heterocycles. The Morgan fingerprint density at radius 2 is 2.17 bits per heavy atom. The van der Waals surface area contributed by atoms with Gasteiger partial charge in [-0.25, -0.2) is 14.4 Å². The van der Waals surface area contributed by atoms with Crippen LogP contribution in [0.3, 0.4) is 0 Å². The predicted molar refractivity (Wildman–Crippen MR) is 114 cm³/mol. The van der Waals surface area contributed by atoms with Gasteiger partial charge in [-0.05, 0) is 31.2 Å². The van der Waals surface area contributed by atoms with E-state index in [1.54, 1.807) is 25.3 Å². The van der Waals surface area contributed by atoms with Gasteiger partial charge < -0.3 is 14.3 Å². The summed E-state index contributed by atoms with van der Waals surface area (Å²) in [5.74, 6) is -1.38. The van der Waals surface area contributed by atoms with E-state index in [1.807, 2.05) is 29.0 Å². The van der Waals surface area contributed by atoms with E-state index in [4.69, 9.17) is 9.72 Å². The molecular formula is C23H21FN4O2. The van der Waals surface area contributed by atoms with Crippen molar-refractivity contribution in [1.82, 2.24) is 19.5 Å². The minimum absolute atomic E-state index is 0.285. The Morgan fingerprint density at radius 1 is 1.33 bits per heavy atom. The molecule has 0 aliphatic heterocycles. The highest BCUT2D eigenvalue weighted by Gasteiger charge is 2.27. The Labute approximate surface area is 172 Å². The van der Waals surface area contributed by atoms with Crippen molar-refractivity contribution in [3.63, 3.8) is 0 Å². The Kier molecular flexibility index (Phi) is 5.18. The first-order chi connectivity index (χ1) is 14.6. The molecule has 4 heterocycles. The Bertz CT molecular complexity index is 1260. The number of halogens is 1. The van der Waals surface area contributed by atoms with Gasteiger partial charge in [0.15, 0.2) is 0 Å². The van der Waals surface area contributed by atoms with Crippen LogP contribution in [0.4, 0.5) is 4.39 Å². The topological polar surface area (TPSA) is 72.8 Å². The van der Waals surface area contributed by atoms with Crippen molar-refractivity contribution in [1.29, 1.82) is 0 Å². The minimum atomic E-state index is -0.602. The zero-order valence-corrected chi connectivity index (χ0v) is 16.5. The van der Waals surface area contributed by atoms with Gasteiger partial charge in [-0.1, -0.05) is 12.2 Å². The van der Waals surface area contributed by atoms with E-state index >= 15 is 0 Å². The fourth-order valence-corrected chi connectivity index (χ4v) is 3.65. The smallest absolute Gasteiger partial charge is 0.315 e. The van der Waals surface area contributed by atoms with Gasteiger partial charge >= 0.3 is 5.97 Å². The van der Waals surface area contributed by atoms with Crippen LogP contribution in [-0.4, -0.2) is 32.1 Å². The Morgan fingerprint density at radius 3 is 2.90 bits per heavy atom. The number of nitrogens with zero attached hydrogens (tertiary/aromatic N) is 3. The van der Waals surface area contributed by atoms with Crippen molar-refractivity contribution in [2.24, 2.45) is 5.92 Å². The summed E-state index contributed by atoms with van der Waals surface area (Å²) in [5, 5.41) is 1.55. The number of aromatic nitrogens is 4. The van der Waals surface area contributed by atoms with Crippen molar-refractivity contribution in [3.05, 3.63) is 74.0 Å². The molecule has 152 valence electrons. The zero-order chi connectivity index (χ0) is 21.3. The normalized spacial score (nSPS) is 13.3. The number of hydrogen-bond acceptors (Lipinski definition) is 4. The molecule has 0 aliphatic carbocycles. The van der Waals surface area contributed by atoms with E-state index in [9.17, 15) is 9.18 Å². The Hall–Kier alpha value is -3.74. The van der Waals surface area contributed by atoms with Gasteiger partial charge in [0.1, 0.15) is 17.1 Å². The van der Waals surface area contributed by atoms with Crippen LogP contribution in [0, 0.1) is 11.7 Å². The van der Waals surface area contributed by atoms with Crippen LogP contribution in [0.2, 0.25) is 0 Å². The second kappa shape index (κ2) is 7.94. The molecule has 30 heavy (non-hydrogen) atoms. The van der Waals surface area contributed by atoms with E-state index in [2.05, 4.69) is 23.1 Å². The average Bonchev–Trinajstić information content (AvgIpc) is 3.35. The number of allylic oxidation sites excluding steroid dienone is 1. The summed E-state index contributed by atoms with van der Waals surface area (Å²) in [5.41, 5.74) is 2.66. The highest BCUT2D eigenvalue weighted by molar-refractivity contribution is 5.94. The molecule has 0 radical (unpaired) electrons. The highest BCUT2D eigenvalue weighted by atomic mass is 19.1. The highest BCUT2D eigenvalue weighted by Crippen LogP contribution is 2.31. The molecule has 0 fully saturated rings. The number of carbonyl (C=O) groups is 1. The molecule has 2 atom stereocenters. The van der Waals surface area contributed by atoms with E-state index in [1.165, 1.54) is 12.3 Å². The van der Waals surface area contributed by atoms with Crippen molar-refractivity contribution in [3.8, 4) is 11.3 Å². The van der Waals surface area contributed by atoms with E-state index in [0.29, 0.717) is 22.4 Å². The predicted octanol–water partition coefficient (Wildman–Crippen LogP) is 4.81. The molecule has 0 aromatic carbocycles. The van der Waals surface area contributed by atoms with Crippen LogP contribution in [0.25, 0.3) is 33.3 Å². The number of nitrogens with one attached hydrogen (secondary N) is 1. The summed E-state index contributed by atoms with van der Waals surface area (Å²) in [6, 6.07) is 6.75. The third-order valence-corrected chi connectivity index (χ3v) is 5.08. The van der Waals surface area contributed by atoms with Crippen molar-refractivity contribution >= 4 is 28.0 Å². The first-order valence-corrected chi connectivity index (χ1v) is 9.59. The maximum absolute atomic E-state index is 13.7. The molecule has 0 unspecified atom stereocenters. The van der Waals surface area contributed by atoms with Crippen LogP contribution in [0.5, 0.6) is 0 Å². The monoisotopic (exact) mass is 404 g/mol. The molecule has 4 aromatic rings. The quantitative estimate of drug-likeness (QED) is 0.354. The number of aromatic amines is 1. The second-order valence-corrected chi connectivity index (χ2v) is 6.82. The van der Waals surface area contributed by atoms with E-state index in [-0.39, 0.29) is 12.6 Å². The molecular weight excluding hydrogens is 383 g/mol. The maximum atomic E-state index is 13.7. The molecule has 0 aliphatic rings. The number of H-pyrrole nitrogens is 1. The number of rotatable bonds is 7. The fraction of sp³-hybridized carbons (Fsp3) is 0.174. The van der Waals surface area contributed by atoms with Gasteiger partial charge in [-0.2, -0.15) is 0 Å². The van der Waals surface area contributed by atoms with Gasteiger partial charge in [0.25, 0.3) is 0 Å². The van der Waals surface area contributed by atoms with Gasteiger partial charge in [0.2, 0.25) is 0 Å². The molecule has 0 amide bonds. The third-order valence-electron chi connectivity index (χ3n) is 5.08. The second-order valence-electron chi connectivity index (χ2n) is 6.82. The number of fused-ring (bicyclic) bond motifs is 2. The molecule has 4 rings (SSSR count). The first kappa shape index (κ1) is 19.6. The lowest BCUT2D eigenvalue weighted by molar-refractivity contribution is -0.147. The average molecular weight is 404 g/mol. The number of ether oxygens (including phenoxy) is 1. The Balaban J connectivity index is 1.83. The van der Waals surface area contributed by atoms with Gasteiger partial charge in [-0.15, -0.1) is 13.2 Å². The maximum Gasteiger partial charge on any atom is 0.315 e. The number of pyridine rings is 2. The largest absolute Gasteiger partial charge is 0.465 e. The molecule has 0 spiro atoms. The summed E-state index contributed by atoms with van der Waals surface area (Å²) in [4.78, 5) is 24.3. The molecule has 7 heteroatoms. The number of carbonyl (C=O) groups excluding carboxylic acids is 1. The van der Waals surface area contributed by atoms with Crippen LogP contribution in [-0.2, 0) is 9.53 Å². The van der Waals surface area contributed by atoms with Crippen molar-refractivity contribution in [2.45, 2.75) is 13.0 Å². The standard InChI is InChI=1S/C23H21FN4O2/c1-4-16(23(29)30-6-3)20(5-2)28-10-9-14-7-8-19(27-22(14)28)18-13-26-21-17(18)11-15(24)12-25-21/h4-5,7-13,16,20H,1-2,6H2,3H3,(H,25,26)/t16-,20-/m1/s1. The van der Waals surface area contributed by atoms with Gasteiger partial charge in [-0.3, -0.25) is 4.79 Å². The minimum Gasteiger partial charge on any atom is -0.465 e. The van der Waals surface area contributed by atoms with Crippen molar-refractivity contribution in [2.75, 3.05) is 6.61 Å². The lowest BCUT2D eigenvalue weighted by Gasteiger charge is -2.22. The number of esters is 1. The third kappa shape index (κ3) is 3.28. The molecule has 0 saturated heterocycles. The van der Waals surface area contributed by atoms with Crippen molar-refractivity contribution < 1.29 is 13.9 Å². The number of hydrogen-bond donors (Lipinski definition) is 1. The lowest BCUT2D eigenvalue weighted by Crippen LogP contribution is -2.25. The molecule has 0 bridgehead atoms. The van der Waals surface area contributed by atoms with Crippen LogP contribution >= 0.6 is 0 Å². The summed E-state index contributed by atoms with van der Waals surface area (Å²) >= 11 is 0. The SMILES string of the molecule is C=C[C@H]([C@@H](C=C)C(=O)OCC)n1ccc2ccc(-c3c[nH]c4ncc(F)cc34)nc21. The molecule has 6 nitrogen and oxygen atoms in total. The lowest BCUT2D eigenvalue weighted by atomic mass is 10.00. The molecule has 1 N–H and O–H groups in total. The zero-order valence-electron chi connectivity index (χ0n) is 16.5. The van der Waals surface area contributed by atoms with Crippen LogP contribution < -0.4 is 0 Å². The summed E-state index contributed by atoms with van der Waals surface area (Å²) in [6.45, 7) is 9.74. The van der Waals surface area contributed by atoms with Crippen LogP contribution in [0.1, 0.15) is 13.0 Å². The summed E-state index contributed by atoms with van der Waals surface area (Å²) in [6.07, 6.45) is 8.04. The summed E-state index contributed by atoms with van der Waals surface area (Å²) in [7, 11) is 0. The first-order valence-electron chi connectivity index (χ1n) is 9.59. The summed E-state index contributed by atoms with van der Waals surface area (Å²) < 4.78 is 20.8. The van der Waals surface area contributed by atoms with Gasteiger partial charge in [0.05, 0.1) is 30.5 Å². The van der Waals surface area contributed by atoms with Gasteiger partial charge in [0, 0.05) is 28.7 Å². The fourth-order valence-electron chi connectivity index (χ4n) is 3.65. The van der Waals surface area contributed by atoms with E-state index < -0.39 is 17.8 Å².